The number of halogens is 1. The Morgan fingerprint density at radius 2 is 1.95 bits per heavy atom. The van der Waals surface area contributed by atoms with Gasteiger partial charge in [-0.15, -0.1) is 11.3 Å². The molecule has 0 aliphatic rings. The molecule has 2 amide bonds. The van der Waals surface area contributed by atoms with Gasteiger partial charge in [-0.05, 0) is 27.6 Å². The smallest absolute Gasteiger partial charge is 0.315 e. The molecule has 2 rings (SSSR count). The molecule has 1 heterocycles. The highest BCUT2D eigenvalue weighted by molar-refractivity contribution is 9.10. The van der Waals surface area contributed by atoms with Crippen LogP contribution >= 0.6 is 27.3 Å². The Balaban J connectivity index is 1.80. The minimum absolute atomic E-state index is 0.0927. The number of amides is 2. The average Bonchev–Trinajstić information content (AvgIpc) is 2.90. The molecule has 0 bridgehead atoms. The summed E-state index contributed by atoms with van der Waals surface area (Å²) in [5.74, 6) is 0. The lowest BCUT2D eigenvalue weighted by atomic mass is 9.85. The molecule has 5 heteroatoms. The quantitative estimate of drug-likeness (QED) is 0.813. The van der Waals surface area contributed by atoms with Gasteiger partial charge in [0.05, 0.1) is 6.54 Å². The normalized spacial score (nSPS) is 11.2. The fourth-order valence-electron chi connectivity index (χ4n) is 1.97. The molecule has 21 heavy (non-hydrogen) atoms. The number of benzene rings is 1. The standard InChI is InChI=1S/C16H19BrN2OS/c1-16(2,12-6-4-3-5-7-12)11-19-15(20)18-9-14-8-13(17)10-21-14/h3-8,10H,9,11H2,1-2H3,(H2,18,19,20). The summed E-state index contributed by atoms with van der Waals surface area (Å²) in [6.07, 6.45) is 0. The van der Waals surface area contributed by atoms with Crippen molar-refractivity contribution in [3.05, 3.63) is 56.7 Å². The van der Waals surface area contributed by atoms with E-state index >= 15 is 0 Å². The zero-order valence-corrected chi connectivity index (χ0v) is 14.6. The van der Waals surface area contributed by atoms with E-state index in [1.54, 1.807) is 11.3 Å². The number of hydrogen-bond donors (Lipinski definition) is 2. The maximum absolute atomic E-state index is 11.9. The van der Waals surface area contributed by atoms with E-state index in [0.717, 1.165) is 9.35 Å². The van der Waals surface area contributed by atoms with Gasteiger partial charge in [-0.1, -0.05) is 44.2 Å². The zero-order chi connectivity index (χ0) is 15.3. The molecular weight excluding hydrogens is 348 g/mol. The second-order valence-electron chi connectivity index (χ2n) is 5.52. The van der Waals surface area contributed by atoms with Gasteiger partial charge in [-0.2, -0.15) is 0 Å². The van der Waals surface area contributed by atoms with E-state index in [1.807, 2.05) is 29.6 Å². The first-order chi connectivity index (χ1) is 9.97. The summed E-state index contributed by atoms with van der Waals surface area (Å²) in [5.41, 5.74) is 1.12. The van der Waals surface area contributed by atoms with Gasteiger partial charge in [0.25, 0.3) is 0 Å². The molecule has 1 aromatic heterocycles. The van der Waals surface area contributed by atoms with E-state index < -0.39 is 0 Å². The first kappa shape index (κ1) is 16.0. The van der Waals surface area contributed by atoms with Crippen molar-refractivity contribution < 1.29 is 4.79 Å². The minimum Gasteiger partial charge on any atom is -0.337 e. The van der Waals surface area contributed by atoms with Crippen molar-refractivity contribution in [2.75, 3.05) is 6.54 Å². The molecule has 0 aliphatic carbocycles. The van der Waals surface area contributed by atoms with Gasteiger partial charge in [-0.25, -0.2) is 4.79 Å². The van der Waals surface area contributed by atoms with Gasteiger partial charge in [0.15, 0.2) is 0 Å². The average molecular weight is 367 g/mol. The molecule has 0 radical (unpaired) electrons. The van der Waals surface area contributed by atoms with E-state index in [0.29, 0.717) is 13.1 Å². The molecule has 3 nitrogen and oxygen atoms in total. The number of carbonyl (C=O) groups excluding carboxylic acids is 1. The van der Waals surface area contributed by atoms with Crippen LogP contribution in [-0.4, -0.2) is 12.6 Å². The van der Waals surface area contributed by atoms with E-state index in [9.17, 15) is 4.79 Å². The van der Waals surface area contributed by atoms with Gasteiger partial charge in [0, 0.05) is 26.7 Å². The Bertz CT molecular complexity index is 595. The fourth-order valence-corrected chi connectivity index (χ4v) is 3.36. The number of urea groups is 1. The molecule has 0 atom stereocenters. The van der Waals surface area contributed by atoms with Gasteiger partial charge >= 0.3 is 6.03 Å². The number of hydrogen-bond acceptors (Lipinski definition) is 2. The Morgan fingerprint density at radius 3 is 2.57 bits per heavy atom. The molecule has 0 unspecified atom stereocenters. The first-order valence-electron chi connectivity index (χ1n) is 6.77. The monoisotopic (exact) mass is 366 g/mol. The van der Waals surface area contributed by atoms with Crippen LogP contribution in [0.5, 0.6) is 0 Å². The third kappa shape index (κ3) is 4.86. The third-order valence-electron chi connectivity index (χ3n) is 3.29. The van der Waals surface area contributed by atoms with Crippen LogP contribution < -0.4 is 10.6 Å². The van der Waals surface area contributed by atoms with Crippen LogP contribution in [0.15, 0.2) is 46.3 Å². The van der Waals surface area contributed by atoms with Gasteiger partial charge in [0.1, 0.15) is 0 Å². The highest BCUT2D eigenvalue weighted by Crippen LogP contribution is 2.22. The Kier molecular flexibility index (Phi) is 5.42. The van der Waals surface area contributed by atoms with Crippen molar-refractivity contribution in [2.45, 2.75) is 25.8 Å². The van der Waals surface area contributed by atoms with Crippen molar-refractivity contribution >= 4 is 33.3 Å². The summed E-state index contributed by atoms with van der Waals surface area (Å²) in [6, 6.07) is 12.1. The maximum Gasteiger partial charge on any atom is 0.315 e. The molecule has 0 fully saturated rings. The van der Waals surface area contributed by atoms with Crippen molar-refractivity contribution in [3.63, 3.8) is 0 Å². The summed E-state index contributed by atoms with van der Waals surface area (Å²) in [6.45, 7) is 5.39. The van der Waals surface area contributed by atoms with Crippen molar-refractivity contribution in [1.82, 2.24) is 10.6 Å². The Hall–Kier alpha value is -1.33. The van der Waals surface area contributed by atoms with Crippen molar-refractivity contribution in [2.24, 2.45) is 0 Å². The van der Waals surface area contributed by atoms with Crippen molar-refractivity contribution in [1.29, 1.82) is 0 Å². The number of carbonyl (C=O) groups is 1. The lowest BCUT2D eigenvalue weighted by molar-refractivity contribution is 0.238. The molecule has 2 N–H and O–H groups in total. The Labute approximate surface area is 137 Å². The summed E-state index contributed by atoms with van der Waals surface area (Å²) < 4.78 is 1.05. The lowest BCUT2D eigenvalue weighted by Crippen LogP contribution is -2.41. The van der Waals surface area contributed by atoms with Crippen LogP contribution in [-0.2, 0) is 12.0 Å². The summed E-state index contributed by atoms with van der Waals surface area (Å²) in [7, 11) is 0. The van der Waals surface area contributed by atoms with Crippen LogP contribution in [0.4, 0.5) is 4.79 Å². The van der Waals surface area contributed by atoms with Crippen LogP contribution in [0, 0.1) is 0 Å². The largest absolute Gasteiger partial charge is 0.337 e. The first-order valence-corrected chi connectivity index (χ1v) is 8.45. The summed E-state index contributed by atoms with van der Waals surface area (Å²) >= 11 is 5.03. The molecular formula is C16H19BrN2OS. The Morgan fingerprint density at radius 1 is 1.24 bits per heavy atom. The van der Waals surface area contributed by atoms with Crippen molar-refractivity contribution in [3.8, 4) is 0 Å². The van der Waals surface area contributed by atoms with Crippen LogP contribution in [0.3, 0.4) is 0 Å². The summed E-state index contributed by atoms with van der Waals surface area (Å²) in [5, 5.41) is 7.82. The SMILES string of the molecule is CC(C)(CNC(=O)NCc1cc(Br)cs1)c1ccccc1. The van der Waals surface area contributed by atoms with Crippen LogP contribution in [0.25, 0.3) is 0 Å². The van der Waals surface area contributed by atoms with Gasteiger partial charge in [0.2, 0.25) is 0 Å². The molecule has 0 saturated heterocycles. The molecule has 0 spiro atoms. The highest BCUT2D eigenvalue weighted by Gasteiger charge is 2.20. The van der Waals surface area contributed by atoms with Crippen LogP contribution in [0.2, 0.25) is 0 Å². The van der Waals surface area contributed by atoms with E-state index in [4.69, 9.17) is 0 Å². The highest BCUT2D eigenvalue weighted by atomic mass is 79.9. The van der Waals surface area contributed by atoms with Gasteiger partial charge in [-0.3, -0.25) is 0 Å². The molecule has 112 valence electrons. The second-order valence-corrected chi connectivity index (χ2v) is 7.43. The van der Waals surface area contributed by atoms with E-state index in [-0.39, 0.29) is 11.4 Å². The number of rotatable bonds is 5. The van der Waals surface area contributed by atoms with Crippen LogP contribution in [0.1, 0.15) is 24.3 Å². The molecule has 1 aromatic carbocycles. The maximum atomic E-state index is 11.9. The minimum atomic E-state index is -0.136. The van der Waals surface area contributed by atoms with E-state index in [2.05, 4.69) is 52.5 Å². The number of nitrogens with one attached hydrogen (secondary N) is 2. The topological polar surface area (TPSA) is 41.1 Å². The van der Waals surface area contributed by atoms with Gasteiger partial charge < -0.3 is 10.6 Å². The predicted molar refractivity (Wildman–Crippen MR) is 91.7 cm³/mol. The lowest BCUT2D eigenvalue weighted by Gasteiger charge is -2.25. The third-order valence-corrected chi connectivity index (χ3v) is 4.99. The fraction of sp³-hybridized carbons (Fsp3) is 0.312. The molecule has 0 saturated carbocycles. The summed E-state index contributed by atoms with van der Waals surface area (Å²) in [4.78, 5) is 13.0. The molecule has 0 aliphatic heterocycles. The number of thiophene rings is 1. The second kappa shape index (κ2) is 7.09. The van der Waals surface area contributed by atoms with E-state index in [1.165, 1.54) is 5.56 Å². The molecule has 2 aromatic rings. The predicted octanol–water partition coefficient (Wildman–Crippen LogP) is 4.29. The zero-order valence-electron chi connectivity index (χ0n) is 12.2.